The van der Waals surface area contributed by atoms with Crippen LogP contribution in [0.1, 0.15) is 95.1 Å². The Kier molecular flexibility index (Phi) is 10.7. The van der Waals surface area contributed by atoms with Crippen LogP contribution in [0.2, 0.25) is 0 Å². The first-order valence-corrected chi connectivity index (χ1v) is 13.3. The number of hydrogen-bond acceptors (Lipinski definition) is 2. The smallest absolute Gasteiger partial charge is 0.419 e. The molecule has 0 aromatic heterocycles. The van der Waals surface area contributed by atoms with Gasteiger partial charge in [-0.3, -0.25) is 0 Å². The molecular weight excluding hydrogens is 456 g/mol. The molecule has 3 rings (SSSR count). The maximum Gasteiger partial charge on any atom is 0.419 e. The van der Waals surface area contributed by atoms with Crippen molar-refractivity contribution in [1.82, 2.24) is 0 Å². The molecule has 6 heteroatoms. The summed E-state index contributed by atoms with van der Waals surface area (Å²) in [4.78, 5) is 0. The van der Waals surface area contributed by atoms with Gasteiger partial charge < -0.3 is 9.47 Å². The maximum absolute atomic E-state index is 14.9. The van der Waals surface area contributed by atoms with Gasteiger partial charge in [-0.1, -0.05) is 43.7 Å². The summed E-state index contributed by atoms with van der Waals surface area (Å²) >= 11 is 0. The summed E-state index contributed by atoms with van der Waals surface area (Å²) < 4.78 is 67.7. The molecule has 1 aromatic carbocycles. The van der Waals surface area contributed by atoms with Crippen molar-refractivity contribution in [3.63, 3.8) is 0 Å². The third-order valence-corrected chi connectivity index (χ3v) is 7.37. The minimum absolute atomic E-state index is 0.0693. The Morgan fingerprint density at radius 2 is 1.83 bits per heavy atom. The van der Waals surface area contributed by atoms with E-state index in [1.54, 1.807) is 0 Å². The molecule has 1 saturated heterocycles. The first-order valence-electron chi connectivity index (χ1n) is 13.3. The molecule has 1 aliphatic carbocycles. The highest BCUT2D eigenvalue weighted by Gasteiger charge is 2.40. The number of unbranched alkanes of at least 4 members (excludes halogenated alkanes) is 1. The zero-order valence-corrected chi connectivity index (χ0v) is 21.1. The van der Waals surface area contributed by atoms with Gasteiger partial charge >= 0.3 is 6.18 Å². The predicted molar refractivity (Wildman–Crippen MR) is 132 cm³/mol. The molecule has 35 heavy (non-hydrogen) atoms. The Morgan fingerprint density at radius 1 is 1.06 bits per heavy atom. The van der Waals surface area contributed by atoms with Crippen LogP contribution in [-0.4, -0.2) is 19.3 Å². The third kappa shape index (κ3) is 8.09. The van der Waals surface area contributed by atoms with E-state index in [0.717, 1.165) is 45.1 Å². The maximum atomic E-state index is 14.9. The van der Waals surface area contributed by atoms with Crippen molar-refractivity contribution in [3.8, 4) is 5.75 Å². The highest BCUT2D eigenvalue weighted by atomic mass is 19.4. The van der Waals surface area contributed by atoms with Crippen LogP contribution in [0.3, 0.4) is 0 Å². The lowest BCUT2D eigenvalue weighted by atomic mass is 9.77. The summed E-state index contributed by atoms with van der Waals surface area (Å²) in [7, 11) is 0. The van der Waals surface area contributed by atoms with Crippen LogP contribution in [-0.2, 0) is 10.9 Å². The fraction of sp³-hybridized carbons (Fsp3) is 0.655. The van der Waals surface area contributed by atoms with Crippen LogP contribution in [0.4, 0.5) is 17.6 Å². The van der Waals surface area contributed by atoms with E-state index >= 15 is 0 Å². The van der Waals surface area contributed by atoms with Crippen molar-refractivity contribution < 1.29 is 27.0 Å². The number of hydrogen-bond donors (Lipinski definition) is 0. The monoisotopic (exact) mass is 496 g/mol. The quantitative estimate of drug-likeness (QED) is 0.183. The van der Waals surface area contributed by atoms with Gasteiger partial charge in [0, 0.05) is 0 Å². The zero-order valence-electron chi connectivity index (χ0n) is 21.1. The average Bonchev–Trinajstić information content (AvgIpc) is 2.84. The summed E-state index contributed by atoms with van der Waals surface area (Å²) in [6.07, 6.45) is 12.8. The molecule has 2 atom stereocenters. The molecule has 2 nitrogen and oxygen atoms in total. The molecule has 0 radical (unpaired) electrons. The van der Waals surface area contributed by atoms with Gasteiger partial charge in [0.1, 0.15) is 0 Å². The van der Waals surface area contributed by atoms with E-state index in [2.05, 4.69) is 24.3 Å². The van der Waals surface area contributed by atoms with E-state index in [4.69, 9.17) is 9.47 Å². The average molecular weight is 497 g/mol. The summed E-state index contributed by atoms with van der Waals surface area (Å²) in [6, 6.07) is 2.80. The fourth-order valence-corrected chi connectivity index (χ4v) is 5.25. The molecule has 1 aromatic rings. The van der Waals surface area contributed by atoms with Crippen molar-refractivity contribution in [3.05, 3.63) is 53.4 Å². The van der Waals surface area contributed by atoms with Crippen molar-refractivity contribution in [1.29, 1.82) is 0 Å². The van der Waals surface area contributed by atoms with E-state index in [1.165, 1.54) is 18.6 Å². The molecule has 1 saturated carbocycles. The van der Waals surface area contributed by atoms with Crippen LogP contribution in [0.15, 0.2) is 36.4 Å². The van der Waals surface area contributed by atoms with Crippen LogP contribution in [0.5, 0.6) is 5.75 Å². The van der Waals surface area contributed by atoms with Crippen LogP contribution in [0, 0.1) is 17.7 Å². The standard InChI is InChI=1S/C29H40F4O2/c1-3-5-7-8-22-12-16-24(35-20-22)15-11-21-9-13-23(14-10-21)25-17-18-26(34-19-6-4-2)28(30)27(25)29(31,32)33/h3,5,11,15,17-18,21-24H,4,6-10,12-14,16,19-20H2,1-2H3/b5-3+,15-11+. The Balaban J connectivity index is 1.55. The highest BCUT2D eigenvalue weighted by Crippen LogP contribution is 2.45. The lowest BCUT2D eigenvalue weighted by Crippen LogP contribution is -2.24. The van der Waals surface area contributed by atoms with Gasteiger partial charge in [-0.05, 0) is 94.1 Å². The second-order valence-corrected chi connectivity index (χ2v) is 10.00. The lowest BCUT2D eigenvalue weighted by molar-refractivity contribution is -0.141. The summed E-state index contributed by atoms with van der Waals surface area (Å²) in [6.45, 7) is 4.99. The minimum atomic E-state index is -4.75. The first-order chi connectivity index (χ1) is 16.8. The molecule has 0 N–H and O–H groups in total. The van der Waals surface area contributed by atoms with Gasteiger partial charge in [-0.25, -0.2) is 4.39 Å². The zero-order chi connectivity index (χ0) is 25.3. The Hall–Kier alpha value is -1.82. The first kappa shape index (κ1) is 27.8. The Morgan fingerprint density at radius 3 is 2.46 bits per heavy atom. The number of rotatable bonds is 10. The van der Waals surface area contributed by atoms with Gasteiger partial charge in [0.2, 0.25) is 0 Å². The Labute approximate surface area is 207 Å². The van der Waals surface area contributed by atoms with E-state index in [1.807, 2.05) is 13.8 Å². The summed E-state index contributed by atoms with van der Waals surface area (Å²) in [5.41, 5.74) is -1.08. The van der Waals surface area contributed by atoms with Gasteiger partial charge in [0.25, 0.3) is 0 Å². The Bertz CT molecular complexity index is 830. The summed E-state index contributed by atoms with van der Waals surface area (Å²) in [5.74, 6) is -0.912. The molecule has 0 bridgehead atoms. The molecular formula is C29H40F4O2. The molecule has 2 aliphatic rings. The third-order valence-electron chi connectivity index (χ3n) is 7.37. The number of ether oxygens (including phenoxy) is 2. The topological polar surface area (TPSA) is 18.5 Å². The van der Waals surface area contributed by atoms with Gasteiger partial charge in [-0.15, -0.1) is 0 Å². The number of halogens is 4. The van der Waals surface area contributed by atoms with Crippen molar-refractivity contribution >= 4 is 0 Å². The highest BCUT2D eigenvalue weighted by molar-refractivity contribution is 5.41. The van der Waals surface area contributed by atoms with Crippen molar-refractivity contribution in [2.75, 3.05) is 13.2 Å². The number of alkyl halides is 3. The lowest BCUT2D eigenvalue weighted by Gasteiger charge is -2.30. The molecule has 2 fully saturated rings. The second-order valence-electron chi connectivity index (χ2n) is 10.00. The van der Waals surface area contributed by atoms with E-state index in [0.29, 0.717) is 31.1 Å². The van der Waals surface area contributed by atoms with E-state index < -0.39 is 17.6 Å². The molecule has 0 spiro atoms. The minimum Gasteiger partial charge on any atom is -0.491 e. The van der Waals surface area contributed by atoms with Gasteiger partial charge in [0.05, 0.1) is 24.9 Å². The van der Waals surface area contributed by atoms with Crippen molar-refractivity contribution in [2.24, 2.45) is 11.8 Å². The molecule has 1 aliphatic heterocycles. The van der Waals surface area contributed by atoms with E-state index in [9.17, 15) is 17.6 Å². The normalized spacial score (nSPS) is 26.0. The number of benzene rings is 1. The number of allylic oxidation sites excluding steroid dienone is 3. The SMILES string of the molecule is C/C=C/CCC1CCC(/C=C/C2CCC(c3ccc(OCCCC)c(F)c3C(F)(F)F)CC2)OC1. The molecule has 2 unspecified atom stereocenters. The second kappa shape index (κ2) is 13.5. The van der Waals surface area contributed by atoms with Gasteiger partial charge in [-0.2, -0.15) is 13.2 Å². The molecule has 0 amide bonds. The van der Waals surface area contributed by atoms with Crippen LogP contribution < -0.4 is 4.74 Å². The van der Waals surface area contributed by atoms with Gasteiger partial charge in [0.15, 0.2) is 11.6 Å². The largest absolute Gasteiger partial charge is 0.491 e. The van der Waals surface area contributed by atoms with E-state index in [-0.39, 0.29) is 29.9 Å². The molecule has 1 heterocycles. The van der Waals surface area contributed by atoms with Crippen LogP contribution >= 0.6 is 0 Å². The van der Waals surface area contributed by atoms with Crippen molar-refractivity contribution in [2.45, 2.75) is 96.3 Å². The fourth-order valence-electron chi connectivity index (χ4n) is 5.25. The predicted octanol–water partition coefficient (Wildman–Crippen LogP) is 9.00. The molecule has 196 valence electrons. The van der Waals surface area contributed by atoms with Crippen LogP contribution in [0.25, 0.3) is 0 Å². The summed E-state index contributed by atoms with van der Waals surface area (Å²) in [5, 5.41) is 0.